The lowest BCUT2D eigenvalue weighted by Gasteiger charge is -2.22. The Hall–Kier alpha value is -2.34. The molecule has 0 saturated carbocycles. The molecule has 3 aromatic carbocycles. The van der Waals surface area contributed by atoms with E-state index in [4.69, 9.17) is 0 Å². The van der Waals surface area contributed by atoms with E-state index in [1.54, 1.807) is 0 Å². The molecule has 0 N–H and O–H groups in total. The molecule has 28 heavy (non-hydrogen) atoms. The Morgan fingerprint density at radius 2 is 0.750 bits per heavy atom. The van der Waals surface area contributed by atoms with Gasteiger partial charge in [0, 0.05) is 5.92 Å². The van der Waals surface area contributed by atoms with Gasteiger partial charge in [0.15, 0.2) is 0 Å². The molecule has 0 heteroatoms. The first-order valence-electron chi connectivity index (χ1n) is 11.0. The molecular formula is C28H40. The predicted molar refractivity (Wildman–Crippen MR) is 128 cm³/mol. The molecule has 0 nitrogen and oxygen atoms in total. The van der Waals surface area contributed by atoms with Crippen LogP contribution in [0.3, 0.4) is 0 Å². The Kier molecular flexibility index (Phi) is 15.4. The minimum atomic E-state index is 0.442. The van der Waals surface area contributed by atoms with E-state index in [2.05, 4.69) is 97.9 Å². The molecule has 1 atom stereocenters. The molecule has 0 aliphatic carbocycles. The van der Waals surface area contributed by atoms with Gasteiger partial charge in [0.2, 0.25) is 0 Å². The van der Waals surface area contributed by atoms with Gasteiger partial charge in [-0.1, -0.05) is 139 Å². The maximum absolute atomic E-state index is 2.33. The molecule has 0 aliphatic rings. The number of hydrogen-bond acceptors (Lipinski definition) is 0. The lowest BCUT2D eigenvalue weighted by atomic mass is 9.82. The van der Waals surface area contributed by atoms with E-state index in [1.807, 2.05) is 41.5 Å². The Morgan fingerprint density at radius 1 is 0.464 bits per heavy atom. The summed E-state index contributed by atoms with van der Waals surface area (Å²) < 4.78 is 0. The third kappa shape index (κ3) is 8.57. The zero-order chi connectivity index (χ0) is 21.2. The monoisotopic (exact) mass is 376 g/mol. The second kappa shape index (κ2) is 16.8. The summed E-state index contributed by atoms with van der Waals surface area (Å²) in [5.41, 5.74) is 4.22. The molecule has 0 amide bonds. The largest absolute Gasteiger partial charge is 0.0683 e. The van der Waals surface area contributed by atoms with Gasteiger partial charge >= 0.3 is 0 Å². The second-order valence-corrected chi connectivity index (χ2v) is 5.92. The van der Waals surface area contributed by atoms with Crippen LogP contribution in [0, 0.1) is 0 Å². The first-order valence-corrected chi connectivity index (χ1v) is 11.0. The molecule has 152 valence electrons. The van der Waals surface area contributed by atoms with Crippen molar-refractivity contribution in [1.82, 2.24) is 0 Å². The SMILES string of the molecule is CC.CC.CC.CC(CC(c1ccccc1)c1ccccc1)c1ccccc1. The molecule has 0 bridgehead atoms. The van der Waals surface area contributed by atoms with E-state index < -0.39 is 0 Å². The third-order valence-electron chi connectivity index (χ3n) is 4.36. The van der Waals surface area contributed by atoms with Gasteiger partial charge in [-0.15, -0.1) is 0 Å². The zero-order valence-electron chi connectivity index (χ0n) is 19.0. The van der Waals surface area contributed by atoms with Crippen molar-refractivity contribution in [2.45, 2.75) is 66.7 Å². The van der Waals surface area contributed by atoms with Crippen LogP contribution in [0.4, 0.5) is 0 Å². The van der Waals surface area contributed by atoms with Crippen LogP contribution >= 0.6 is 0 Å². The van der Waals surface area contributed by atoms with Gasteiger partial charge in [0.25, 0.3) is 0 Å². The first kappa shape index (κ1) is 25.7. The van der Waals surface area contributed by atoms with Crippen molar-refractivity contribution < 1.29 is 0 Å². The topological polar surface area (TPSA) is 0 Å². The van der Waals surface area contributed by atoms with Crippen LogP contribution in [0.15, 0.2) is 91.0 Å². The van der Waals surface area contributed by atoms with Gasteiger partial charge in [-0.2, -0.15) is 0 Å². The standard InChI is InChI=1S/C22H22.3C2H6/c1-18(19-11-5-2-6-12-19)17-22(20-13-7-3-8-14-20)21-15-9-4-10-16-21;3*1-2/h2-16,18,22H,17H2,1H3;3*1-2H3. The predicted octanol–water partition coefficient (Wildman–Crippen LogP) is 9.09. The summed E-state index contributed by atoms with van der Waals surface area (Å²) >= 11 is 0. The average Bonchev–Trinajstić information content (AvgIpc) is 2.83. The highest BCUT2D eigenvalue weighted by Gasteiger charge is 2.18. The minimum Gasteiger partial charge on any atom is -0.0683 e. The maximum atomic E-state index is 2.33. The van der Waals surface area contributed by atoms with Crippen molar-refractivity contribution in [1.29, 1.82) is 0 Å². The number of hydrogen-bond donors (Lipinski definition) is 0. The fourth-order valence-electron chi connectivity index (χ4n) is 3.11. The average molecular weight is 377 g/mol. The molecule has 3 rings (SSSR count). The minimum absolute atomic E-state index is 0.442. The molecule has 0 saturated heterocycles. The molecule has 1 unspecified atom stereocenters. The van der Waals surface area contributed by atoms with E-state index in [9.17, 15) is 0 Å². The fraction of sp³-hybridized carbons (Fsp3) is 0.357. The molecule has 0 spiro atoms. The van der Waals surface area contributed by atoms with E-state index >= 15 is 0 Å². The Labute approximate surface area is 174 Å². The highest BCUT2D eigenvalue weighted by atomic mass is 14.2. The van der Waals surface area contributed by atoms with Gasteiger partial charge in [-0.05, 0) is 29.0 Å². The first-order chi connectivity index (χ1) is 13.8. The summed E-state index contributed by atoms with van der Waals surface area (Å²) in [6.45, 7) is 14.3. The van der Waals surface area contributed by atoms with Crippen LogP contribution < -0.4 is 0 Å². The lowest BCUT2D eigenvalue weighted by molar-refractivity contribution is 0.617. The quantitative estimate of drug-likeness (QED) is 0.416. The lowest BCUT2D eigenvalue weighted by Crippen LogP contribution is -2.06. The van der Waals surface area contributed by atoms with Gasteiger partial charge in [-0.25, -0.2) is 0 Å². The Balaban J connectivity index is 0.00000111. The molecule has 0 aromatic heterocycles. The van der Waals surface area contributed by atoms with Crippen LogP contribution in [-0.2, 0) is 0 Å². The zero-order valence-corrected chi connectivity index (χ0v) is 19.0. The highest BCUT2D eigenvalue weighted by molar-refractivity contribution is 5.33. The van der Waals surface area contributed by atoms with Crippen molar-refractivity contribution in [3.63, 3.8) is 0 Å². The summed E-state index contributed by atoms with van der Waals surface area (Å²) in [7, 11) is 0. The summed E-state index contributed by atoms with van der Waals surface area (Å²) in [5.74, 6) is 0.976. The van der Waals surface area contributed by atoms with Crippen molar-refractivity contribution in [3.05, 3.63) is 108 Å². The van der Waals surface area contributed by atoms with Crippen LogP contribution in [0.2, 0.25) is 0 Å². The summed E-state index contributed by atoms with van der Waals surface area (Å²) in [6, 6.07) is 32.5. The number of rotatable bonds is 5. The van der Waals surface area contributed by atoms with E-state index in [-0.39, 0.29) is 0 Å². The second-order valence-electron chi connectivity index (χ2n) is 5.92. The van der Waals surface area contributed by atoms with Gasteiger partial charge in [0.05, 0.1) is 0 Å². The van der Waals surface area contributed by atoms with Crippen LogP contribution in [0.25, 0.3) is 0 Å². The third-order valence-corrected chi connectivity index (χ3v) is 4.36. The van der Waals surface area contributed by atoms with Crippen molar-refractivity contribution >= 4 is 0 Å². The van der Waals surface area contributed by atoms with Gasteiger partial charge in [-0.3, -0.25) is 0 Å². The molecule has 0 radical (unpaired) electrons. The number of benzene rings is 3. The van der Waals surface area contributed by atoms with E-state index in [0.717, 1.165) is 6.42 Å². The smallest absolute Gasteiger partial charge is 0.00950 e. The van der Waals surface area contributed by atoms with Crippen LogP contribution in [-0.4, -0.2) is 0 Å². The van der Waals surface area contributed by atoms with E-state index in [1.165, 1.54) is 16.7 Å². The van der Waals surface area contributed by atoms with Crippen LogP contribution in [0.1, 0.15) is 83.4 Å². The van der Waals surface area contributed by atoms with Crippen LogP contribution in [0.5, 0.6) is 0 Å². The fourth-order valence-corrected chi connectivity index (χ4v) is 3.11. The Morgan fingerprint density at radius 3 is 1.07 bits per heavy atom. The van der Waals surface area contributed by atoms with Gasteiger partial charge in [0.1, 0.15) is 0 Å². The molecular weight excluding hydrogens is 336 g/mol. The Bertz CT molecular complexity index is 632. The summed E-state index contributed by atoms with van der Waals surface area (Å²) in [6.07, 6.45) is 1.12. The molecule has 0 heterocycles. The molecule has 0 aliphatic heterocycles. The molecule has 3 aromatic rings. The van der Waals surface area contributed by atoms with Crippen molar-refractivity contribution in [3.8, 4) is 0 Å². The summed E-state index contributed by atoms with van der Waals surface area (Å²) in [5, 5.41) is 0. The highest BCUT2D eigenvalue weighted by Crippen LogP contribution is 2.34. The van der Waals surface area contributed by atoms with E-state index in [0.29, 0.717) is 11.8 Å². The van der Waals surface area contributed by atoms with Crippen molar-refractivity contribution in [2.75, 3.05) is 0 Å². The summed E-state index contributed by atoms with van der Waals surface area (Å²) in [4.78, 5) is 0. The normalized spacial score (nSPS) is 10.3. The van der Waals surface area contributed by atoms with Crippen molar-refractivity contribution in [2.24, 2.45) is 0 Å². The molecule has 0 fully saturated rings. The van der Waals surface area contributed by atoms with Gasteiger partial charge < -0.3 is 0 Å². The maximum Gasteiger partial charge on any atom is 0.00950 e.